The standard InChI is InChI=1S/C13H11FN2O3S/c14-9-4-1-5-10(11(9)12(17)18)16-13(19)15-7-8-3-2-6-20-8/h1-6H,7H2,(H,17,18)(H2,15,16,19). The second kappa shape index (κ2) is 6.16. The van der Waals surface area contributed by atoms with E-state index in [0.29, 0.717) is 6.54 Å². The highest BCUT2D eigenvalue weighted by Gasteiger charge is 2.17. The summed E-state index contributed by atoms with van der Waals surface area (Å²) in [4.78, 5) is 23.6. The molecule has 7 heteroatoms. The predicted octanol–water partition coefficient (Wildman–Crippen LogP) is 2.91. The Labute approximate surface area is 118 Å². The predicted molar refractivity (Wildman–Crippen MR) is 73.5 cm³/mol. The number of carbonyl (C=O) groups excluding carboxylic acids is 1. The Bertz CT molecular complexity index is 629. The summed E-state index contributed by atoms with van der Waals surface area (Å²) in [6.45, 7) is 0.321. The summed E-state index contributed by atoms with van der Waals surface area (Å²) in [5.41, 5.74) is -0.639. The van der Waals surface area contributed by atoms with Gasteiger partial charge in [-0.1, -0.05) is 12.1 Å². The van der Waals surface area contributed by atoms with E-state index in [2.05, 4.69) is 10.6 Å². The molecule has 2 amide bonds. The van der Waals surface area contributed by atoms with Gasteiger partial charge < -0.3 is 15.7 Å². The molecule has 0 radical (unpaired) electrons. The molecule has 0 saturated carbocycles. The molecule has 0 unspecified atom stereocenters. The van der Waals surface area contributed by atoms with Crippen LogP contribution in [0, 0.1) is 5.82 Å². The van der Waals surface area contributed by atoms with Crippen molar-refractivity contribution < 1.29 is 19.1 Å². The third-order valence-corrected chi connectivity index (χ3v) is 3.36. The van der Waals surface area contributed by atoms with Gasteiger partial charge in [0, 0.05) is 4.88 Å². The van der Waals surface area contributed by atoms with Crippen molar-refractivity contribution in [3.63, 3.8) is 0 Å². The van der Waals surface area contributed by atoms with Gasteiger partial charge in [-0.25, -0.2) is 14.0 Å². The molecule has 0 bridgehead atoms. The van der Waals surface area contributed by atoms with E-state index < -0.39 is 23.4 Å². The molecule has 0 aliphatic heterocycles. The minimum atomic E-state index is -1.43. The first-order valence-corrected chi connectivity index (χ1v) is 6.55. The zero-order chi connectivity index (χ0) is 14.5. The van der Waals surface area contributed by atoms with Gasteiger partial charge in [0.25, 0.3) is 0 Å². The summed E-state index contributed by atoms with van der Waals surface area (Å²) < 4.78 is 13.4. The lowest BCUT2D eigenvalue weighted by molar-refractivity contribution is 0.0693. The molecule has 2 rings (SSSR count). The van der Waals surface area contributed by atoms with Crippen molar-refractivity contribution in [1.82, 2.24) is 5.32 Å². The fraction of sp³-hybridized carbons (Fsp3) is 0.0769. The molecule has 2 aromatic rings. The lowest BCUT2D eigenvalue weighted by atomic mass is 10.1. The van der Waals surface area contributed by atoms with Crippen LogP contribution in [0.1, 0.15) is 15.2 Å². The Balaban J connectivity index is 2.04. The number of benzene rings is 1. The second-order valence-corrected chi connectivity index (χ2v) is 4.89. The van der Waals surface area contributed by atoms with E-state index >= 15 is 0 Å². The lowest BCUT2D eigenvalue weighted by Crippen LogP contribution is -2.28. The number of amides is 2. The maximum atomic E-state index is 13.4. The van der Waals surface area contributed by atoms with Crippen molar-refractivity contribution in [1.29, 1.82) is 0 Å². The van der Waals surface area contributed by atoms with E-state index in [1.807, 2.05) is 17.5 Å². The van der Waals surface area contributed by atoms with Gasteiger partial charge in [-0.05, 0) is 23.6 Å². The Kier molecular flexibility index (Phi) is 4.31. The van der Waals surface area contributed by atoms with Crippen molar-refractivity contribution in [3.8, 4) is 0 Å². The van der Waals surface area contributed by atoms with E-state index in [-0.39, 0.29) is 5.69 Å². The summed E-state index contributed by atoms with van der Waals surface area (Å²) in [6.07, 6.45) is 0. The van der Waals surface area contributed by atoms with Crippen molar-refractivity contribution in [2.75, 3.05) is 5.32 Å². The molecule has 5 nitrogen and oxygen atoms in total. The van der Waals surface area contributed by atoms with Crippen LogP contribution < -0.4 is 10.6 Å². The average Bonchev–Trinajstić information content (AvgIpc) is 2.89. The van der Waals surface area contributed by atoms with Crippen molar-refractivity contribution in [3.05, 3.63) is 52.0 Å². The zero-order valence-electron chi connectivity index (χ0n) is 10.2. The van der Waals surface area contributed by atoms with Crippen molar-refractivity contribution >= 4 is 29.0 Å². The summed E-state index contributed by atoms with van der Waals surface area (Å²) in [6, 6.07) is 6.81. The van der Waals surface area contributed by atoms with E-state index in [0.717, 1.165) is 10.9 Å². The maximum Gasteiger partial charge on any atom is 0.340 e. The van der Waals surface area contributed by atoms with Crippen LogP contribution in [-0.4, -0.2) is 17.1 Å². The number of urea groups is 1. The molecule has 0 spiro atoms. The van der Waals surface area contributed by atoms with Gasteiger partial charge in [0.2, 0.25) is 0 Å². The van der Waals surface area contributed by atoms with Crippen LogP contribution in [0.3, 0.4) is 0 Å². The highest BCUT2D eigenvalue weighted by atomic mass is 32.1. The van der Waals surface area contributed by atoms with Gasteiger partial charge >= 0.3 is 12.0 Å². The second-order valence-electron chi connectivity index (χ2n) is 3.85. The summed E-state index contributed by atoms with van der Waals surface area (Å²) in [5.74, 6) is -2.33. The summed E-state index contributed by atoms with van der Waals surface area (Å²) in [7, 11) is 0. The molecule has 0 fully saturated rings. The number of rotatable bonds is 4. The summed E-state index contributed by atoms with van der Waals surface area (Å²) in [5, 5.41) is 15.7. The first kappa shape index (κ1) is 14.0. The van der Waals surface area contributed by atoms with E-state index in [1.54, 1.807) is 0 Å². The number of carboxylic acid groups (broad SMARTS) is 1. The zero-order valence-corrected chi connectivity index (χ0v) is 11.0. The molecule has 20 heavy (non-hydrogen) atoms. The fourth-order valence-corrected chi connectivity index (χ4v) is 2.24. The monoisotopic (exact) mass is 294 g/mol. The average molecular weight is 294 g/mol. The molecular formula is C13H11FN2O3S. The third kappa shape index (κ3) is 3.33. The van der Waals surface area contributed by atoms with Crippen molar-refractivity contribution in [2.45, 2.75) is 6.54 Å². The van der Waals surface area contributed by atoms with E-state index in [4.69, 9.17) is 5.11 Å². The van der Waals surface area contributed by atoms with Crippen LogP contribution in [0.4, 0.5) is 14.9 Å². The minimum Gasteiger partial charge on any atom is -0.478 e. The lowest BCUT2D eigenvalue weighted by Gasteiger charge is -2.09. The Morgan fingerprint density at radius 3 is 2.70 bits per heavy atom. The molecule has 0 aliphatic carbocycles. The normalized spacial score (nSPS) is 10.1. The third-order valence-electron chi connectivity index (χ3n) is 2.48. The molecule has 0 atom stereocenters. The van der Waals surface area contributed by atoms with Gasteiger partial charge in [-0.15, -0.1) is 11.3 Å². The Hall–Kier alpha value is -2.41. The van der Waals surface area contributed by atoms with E-state index in [9.17, 15) is 14.0 Å². The Morgan fingerprint density at radius 1 is 1.25 bits per heavy atom. The van der Waals surface area contributed by atoms with Crippen LogP contribution in [0.15, 0.2) is 35.7 Å². The van der Waals surface area contributed by atoms with Crippen LogP contribution in [0.25, 0.3) is 0 Å². The van der Waals surface area contributed by atoms with Gasteiger partial charge in [0.15, 0.2) is 0 Å². The molecule has 104 valence electrons. The number of aromatic carboxylic acids is 1. The van der Waals surface area contributed by atoms with Crippen LogP contribution in [0.2, 0.25) is 0 Å². The molecule has 0 saturated heterocycles. The van der Waals surface area contributed by atoms with Gasteiger partial charge in [0.05, 0.1) is 12.2 Å². The first-order chi connectivity index (χ1) is 9.58. The molecule has 1 aromatic carbocycles. The topological polar surface area (TPSA) is 78.4 Å². The first-order valence-electron chi connectivity index (χ1n) is 5.67. The minimum absolute atomic E-state index is 0.0822. The van der Waals surface area contributed by atoms with Gasteiger partial charge in [0.1, 0.15) is 11.4 Å². The number of halogens is 1. The molecular weight excluding hydrogens is 283 g/mol. The van der Waals surface area contributed by atoms with Crippen LogP contribution >= 0.6 is 11.3 Å². The molecule has 1 heterocycles. The van der Waals surface area contributed by atoms with E-state index in [1.165, 1.54) is 23.5 Å². The molecule has 1 aromatic heterocycles. The fourth-order valence-electron chi connectivity index (χ4n) is 1.59. The van der Waals surface area contributed by atoms with Crippen molar-refractivity contribution in [2.24, 2.45) is 0 Å². The highest BCUT2D eigenvalue weighted by molar-refractivity contribution is 7.09. The number of anilines is 1. The highest BCUT2D eigenvalue weighted by Crippen LogP contribution is 2.18. The molecule has 0 aliphatic rings. The quantitative estimate of drug-likeness (QED) is 0.811. The van der Waals surface area contributed by atoms with Gasteiger partial charge in [-0.3, -0.25) is 0 Å². The smallest absolute Gasteiger partial charge is 0.340 e. The molecule has 3 N–H and O–H groups in total. The number of carbonyl (C=O) groups is 2. The SMILES string of the molecule is O=C(NCc1cccs1)Nc1cccc(F)c1C(=O)O. The van der Waals surface area contributed by atoms with Crippen LogP contribution in [-0.2, 0) is 6.54 Å². The summed E-state index contributed by atoms with van der Waals surface area (Å²) >= 11 is 1.49. The number of hydrogen-bond donors (Lipinski definition) is 3. The Morgan fingerprint density at radius 2 is 2.05 bits per heavy atom. The number of thiophene rings is 1. The van der Waals surface area contributed by atoms with Crippen LogP contribution in [0.5, 0.6) is 0 Å². The number of nitrogens with one attached hydrogen (secondary N) is 2. The number of hydrogen-bond acceptors (Lipinski definition) is 3. The van der Waals surface area contributed by atoms with Gasteiger partial charge in [-0.2, -0.15) is 0 Å². The maximum absolute atomic E-state index is 13.4. The largest absolute Gasteiger partial charge is 0.478 e. The number of carboxylic acids is 1.